The van der Waals surface area contributed by atoms with E-state index < -0.39 is 9.84 Å². The summed E-state index contributed by atoms with van der Waals surface area (Å²) in [5.74, 6) is 0.227. The number of hydrogen-bond acceptors (Lipinski definition) is 3. The van der Waals surface area contributed by atoms with E-state index in [1.807, 2.05) is 24.3 Å². The molecular weight excluding hydrogens is 278 g/mol. The summed E-state index contributed by atoms with van der Waals surface area (Å²) in [4.78, 5) is 0. The van der Waals surface area contributed by atoms with Gasteiger partial charge in [0.15, 0.2) is 0 Å². The fourth-order valence-electron chi connectivity index (χ4n) is 1.16. The second-order valence-corrected chi connectivity index (χ2v) is 6.50. The molecule has 0 aliphatic carbocycles. The van der Waals surface area contributed by atoms with Gasteiger partial charge in [-0.2, -0.15) is 0 Å². The van der Waals surface area contributed by atoms with E-state index in [1.165, 1.54) is 6.26 Å². The van der Waals surface area contributed by atoms with Crippen LogP contribution < -0.4 is 5.32 Å². The summed E-state index contributed by atoms with van der Waals surface area (Å²) in [5.41, 5.74) is 0.992. The third-order valence-electron chi connectivity index (χ3n) is 1.88. The van der Waals surface area contributed by atoms with Crippen molar-refractivity contribution in [3.05, 3.63) is 28.7 Å². The highest BCUT2D eigenvalue weighted by atomic mass is 79.9. The van der Waals surface area contributed by atoms with E-state index in [-0.39, 0.29) is 5.75 Å². The Kier molecular flexibility index (Phi) is 4.60. The van der Waals surface area contributed by atoms with Crippen molar-refractivity contribution in [2.45, 2.75) is 6.42 Å². The normalized spacial score (nSPS) is 11.3. The average Bonchev–Trinajstić information content (AvgIpc) is 2.13. The van der Waals surface area contributed by atoms with Gasteiger partial charge in [-0.05, 0) is 34.5 Å². The number of sulfone groups is 1. The topological polar surface area (TPSA) is 46.2 Å². The summed E-state index contributed by atoms with van der Waals surface area (Å²) in [5, 5.41) is 3.17. The zero-order chi connectivity index (χ0) is 11.3. The lowest BCUT2D eigenvalue weighted by Gasteiger charge is -2.07. The predicted octanol–water partition coefficient (Wildman–Crippen LogP) is 2.30. The van der Waals surface area contributed by atoms with E-state index in [2.05, 4.69) is 21.2 Å². The van der Waals surface area contributed by atoms with Crippen molar-refractivity contribution in [3.63, 3.8) is 0 Å². The highest BCUT2D eigenvalue weighted by Gasteiger charge is 2.01. The van der Waals surface area contributed by atoms with Crippen LogP contribution in [0.2, 0.25) is 0 Å². The van der Waals surface area contributed by atoms with Crippen LogP contribution in [0.4, 0.5) is 5.69 Å². The van der Waals surface area contributed by atoms with Crippen LogP contribution in [0, 0.1) is 0 Å². The molecular formula is C10H14BrNO2S. The quantitative estimate of drug-likeness (QED) is 0.847. The zero-order valence-corrected chi connectivity index (χ0v) is 10.9. The minimum atomic E-state index is -2.84. The van der Waals surface area contributed by atoms with Crippen LogP contribution in [-0.2, 0) is 9.84 Å². The number of para-hydroxylation sites is 1. The third kappa shape index (κ3) is 5.18. The second-order valence-electron chi connectivity index (χ2n) is 3.39. The van der Waals surface area contributed by atoms with Gasteiger partial charge in [-0.3, -0.25) is 0 Å². The first-order valence-electron chi connectivity index (χ1n) is 4.65. The number of nitrogens with one attached hydrogen (secondary N) is 1. The van der Waals surface area contributed by atoms with Gasteiger partial charge in [-0.1, -0.05) is 12.1 Å². The molecule has 0 saturated heterocycles. The monoisotopic (exact) mass is 291 g/mol. The first-order valence-corrected chi connectivity index (χ1v) is 7.50. The Morgan fingerprint density at radius 3 is 2.60 bits per heavy atom. The lowest BCUT2D eigenvalue weighted by atomic mass is 10.3. The molecule has 0 unspecified atom stereocenters. The van der Waals surface area contributed by atoms with Crippen LogP contribution in [0.25, 0.3) is 0 Å². The Morgan fingerprint density at radius 2 is 2.00 bits per heavy atom. The smallest absolute Gasteiger partial charge is 0.147 e. The summed E-state index contributed by atoms with van der Waals surface area (Å²) in [6.07, 6.45) is 1.88. The van der Waals surface area contributed by atoms with Gasteiger partial charge in [-0.15, -0.1) is 0 Å². The highest BCUT2D eigenvalue weighted by molar-refractivity contribution is 9.10. The third-order valence-corrected chi connectivity index (χ3v) is 3.60. The molecule has 1 aromatic rings. The molecule has 0 aliphatic rings. The Hall–Kier alpha value is -0.550. The summed E-state index contributed by atoms with van der Waals surface area (Å²) in [6.45, 7) is 0.662. The number of benzene rings is 1. The van der Waals surface area contributed by atoms with Crippen molar-refractivity contribution in [1.29, 1.82) is 0 Å². The van der Waals surface area contributed by atoms with E-state index >= 15 is 0 Å². The molecule has 5 heteroatoms. The van der Waals surface area contributed by atoms with Gasteiger partial charge in [0.1, 0.15) is 9.84 Å². The summed E-state index contributed by atoms with van der Waals surface area (Å²) in [6, 6.07) is 7.76. The largest absolute Gasteiger partial charge is 0.384 e. The lowest BCUT2D eigenvalue weighted by molar-refractivity contribution is 0.600. The van der Waals surface area contributed by atoms with E-state index in [1.54, 1.807) is 0 Å². The van der Waals surface area contributed by atoms with Crippen LogP contribution in [0.3, 0.4) is 0 Å². The number of anilines is 1. The minimum Gasteiger partial charge on any atom is -0.384 e. The van der Waals surface area contributed by atoms with Crippen LogP contribution in [0.15, 0.2) is 28.7 Å². The second kappa shape index (κ2) is 5.51. The van der Waals surface area contributed by atoms with E-state index in [4.69, 9.17) is 0 Å². The van der Waals surface area contributed by atoms with Gasteiger partial charge in [-0.25, -0.2) is 8.42 Å². The Balaban J connectivity index is 2.36. The van der Waals surface area contributed by atoms with Crippen LogP contribution >= 0.6 is 15.9 Å². The van der Waals surface area contributed by atoms with Gasteiger partial charge in [0.05, 0.1) is 5.75 Å². The molecule has 0 aromatic heterocycles. The maximum Gasteiger partial charge on any atom is 0.147 e. The molecule has 15 heavy (non-hydrogen) atoms. The Labute approximate surface area is 98.9 Å². The molecule has 0 aliphatic heterocycles. The summed E-state index contributed by atoms with van der Waals surface area (Å²) >= 11 is 3.41. The van der Waals surface area contributed by atoms with Gasteiger partial charge < -0.3 is 5.32 Å². The molecule has 0 spiro atoms. The van der Waals surface area contributed by atoms with Gasteiger partial charge in [0.2, 0.25) is 0 Å². The minimum absolute atomic E-state index is 0.227. The van der Waals surface area contributed by atoms with E-state index in [0.29, 0.717) is 13.0 Å². The molecule has 0 fully saturated rings. The molecule has 1 aromatic carbocycles. The van der Waals surface area contributed by atoms with Gasteiger partial charge >= 0.3 is 0 Å². The zero-order valence-electron chi connectivity index (χ0n) is 8.53. The van der Waals surface area contributed by atoms with E-state index in [9.17, 15) is 8.42 Å². The Bertz CT molecular complexity index is 417. The summed E-state index contributed by atoms with van der Waals surface area (Å²) < 4.78 is 22.7. The number of halogens is 1. The van der Waals surface area contributed by atoms with Gasteiger partial charge in [0, 0.05) is 23.0 Å². The maximum absolute atomic E-state index is 10.9. The molecule has 3 nitrogen and oxygen atoms in total. The standard InChI is InChI=1S/C10H14BrNO2S/c1-15(13,14)8-4-7-12-10-6-3-2-5-9(10)11/h2-3,5-6,12H,4,7-8H2,1H3. The molecule has 0 heterocycles. The molecule has 0 bridgehead atoms. The molecule has 0 radical (unpaired) electrons. The fourth-order valence-corrected chi connectivity index (χ4v) is 2.26. The first kappa shape index (κ1) is 12.5. The van der Waals surface area contributed by atoms with Crippen LogP contribution in [-0.4, -0.2) is 27.0 Å². The van der Waals surface area contributed by atoms with Crippen molar-refractivity contribution in [2.24, 2.45) is 0 Å². The van der Waals surface area contributed by atoms with Crippen molar-refractivity contribution >= 4 is 31.5 Å². The molecule has 84 valence electrons. The van der Waals surface area contributed by atoms with Crippen molar-refractivity contribution in [1.82, 2.24) is 0 Å². The van der Waals surface area contributed by atoms with Gasteiger partial charge in [0.25, 0.3) is 0 Å². The van der Waals surface area contributed by atoms with E-state index in [0.717, 1.165) is 10.2 Å². The van der Waals surface area contributed by atoms with Crippen molar-refractivity contribution in [3.8, 4) is 0 Å². The molecule has 1 N–H and O–H groups in total. The lowest BCUT2D eigenvalue weighted by Crippen LogP contribution is -2.09. The number of hydrogen-bond donors (Lipinski definition) is 1. The SMILES string of the molecule is CS(=O)(=O)CCCNc1ccccc1Br. The Morgan fingerprint density at radius 1 is 1.33 bits per heavy atom. The molecule has 1 rings (SSSR count). The van der Waals surface area contributed by atoms with Crippen LogP contribution in [0.5, 0.6) is 0 Å². The number of rotatable bonds is 5. The van der Waals surface area contributed by atoms with Crippen molar-refractivity contribution < 1.29 is 8.42 Å². The average molecular weight is 292 g/mol. The predicted molar refractivity (Wildman–Crippen MR) is 67.0 cm³/mol. The molecule has 0 atom stereocenters. The highest BCUT2D eigenvalue weighted by Crippen LogP contribution is 2.20. The van der Waals surface area contributed by atoms with Crippen molar-refractivity contribution in [2.75, 3.05) is 23.9 Å². The molecule has 0 amide bonds. The summed E-state index contributed by atoms with van der Waals surface area (Å²) in [7, 11) is -2.84. The maximum atomic E-state index is 10.9. The van der Waals surface area contributed by atoms with Crippen LogP contribution in [0.1, 0.15) is 6.42 Å². The molecule has 0 saturated carbocycles. The fraction of sp³-hybridized carbons (Fsp3) is 0.400. The first-order chi connectivity index (χ1) is 6.99.